The fourth-order valence-corrected chi connectivity index (χ4v) is 3.52. The fraction of sp³-hybridized carbons (Fsp3) is 0.389. The van der Waals surface area contributed by atoms with Crippen molar-refractivity contribution in [2.75, 3.05) is 21.3 Å². The Hall–Kier alpha value is -2.21. The van der Waals surface area contributed by atoms with Crippen LogP contribution in [-0.2, 0) is 13.0 Å². The molecule has 1 N–H and O–H groups in total. The zero-order valence-corrected chi connectivity index (χ0v) is 15.5. The zero-order chi connectivity index (χ0) is 17.7. The summed E-state index contributed by atoms with van der Waals surface area (Å²) < 4.78 is 16.0. The molecule has 130 valence electrons. The summed E-state index contributed by atoms with van der Waals surface area (Å²) in [5.41, 5.74) is 2.04. The minimum atomic E-state index is -0.0726. The van der Waals surface area contributed by atoms with Gasteiger partial charge in [0.2, 0.25) is 5.75 Å². The summed E-state index contributed by atoms with van der Waals surface area (Å²) in [6, 6.07) is 5.60. The van der Waals surface area contributed by atoms with Gasteiger partial charge in [-0.25, -0.2) is 0 Å². The van der Waals surface area contributed by atoms with Gasteiger partial charge in [0.1, 0.15) is 0 Å². The Morgan fingerprint density at radius 2 is 1.71 bits per heavy atom. The Morgan fingerprint density at radius 1 is 1.08 bits per heavy atom. The molecule has 6 heteroatoms. The maximum Gasteiger partial charge on any atom is 0.261 e. The molecule has 0 aliphatic heterocycles. The van der Waals surface area contributed by atoms with Crippen molar-refractivity contribution >= 4 is 17.2 Å². The van der Waals surface area contributed by atoms with Crippen LogP contribution < -0.4 is 19.5 Å². The Bertz CT molecular complexity index is 699. The van der Waals surface area contributed by atoms with E-state index in [-0.39, 0.29) is 5.91 Å². The molecule has 0 radical (unpaired) electrons. The molecule has 1 amide bonds. The molecule has 0 aliphatic carbocycles. The molecular formula is C18H23NO4S. The highest BCUT2D eigenvalue weighted by atomic mass is 32.1. The van der Waals surface area contributed by atoms with E-state index in [1.807, 2.05) is 25.1 Å². The molecule has 0 spiro atoms. The topological polar surface area (TPSA) is 56.8 Å². The van der Waals surface area contributed by atoms with E-state index in [1.54, 1.807) is 32.7 Å². The van der Waals surface area contributed by atoms with Gasteiger partial charge in [-0.3, -0.25) is 4.79 Å². The van der Waals surface area contributed by atoms with Crippen molar-refractivity contribution in [3.63, 3.8) is 0 Å². The van der Waals surface area contributed by atoms with E-state index in [0.29, 0.717) is 23.8 Å². The lowest BCUT2D eigenvalue weighted by Crippen LogP contribution is -2.21. The maximum absolute atomic E-state index is 12.3. The second-order valence-electron chi connectivity index (χ2n) is 5.29. The SMILES string of the molecule is CCc1sc(C(=O)NCc2cc(OC)c(OC)c(OC)c2)cc1C. The molecule has 1 aromatic carbocycles. The van der Waals surface area contributed by atoms with Crippen LogP contribution in [0.4, 0.5) is 0 Å². The first-order valence-corrected chi connectivity index (χ1v) is 8.52. The highest BCUT2D eigenvalue weighted by Crippen LogP contribution is 2.38. The third-order valence-electron chi connectivity index (χ3n) is 3.74. The van der Waals surface area contributed by atoms with Crippen LogP contribution >= 0.6 is 11.3 Å². The van der Waals surface area contributed by atoms with Gasteiger partial charge >= 0.3 is 0 Å². The van der Waals surface area contributed by atoms with Gasteiger partial charge < -0.3 is 19.5 Å². The summed E-state index contributed by atoms with van der Waals surface area (Å²) in [6.07, 6.45) is 0.941. The number of thiophene rings is 1. The first-order valence-electron chi connectivity index (χ1n) is 7.70. The van der Waals surface area contributed by atoms with Crippen LogP contribution in [0.2, 0.25) is 0 Å². The number of methoxy groups -OCH3 is 3. The molecule has 1 aromatic heterocycles. The molecule has 0 saturated heterocycles. The average molecular weight is 349 g/mol. The third-order valence-corrected chi connectivity index (χ3v) is 5.12. The quantitative estimate of drug-likeness (QED) is 0.830. The molecule has 24 heavy (non-hydrogen) atoms. The van der Waals surface area contributed by atoms with Crippen LogP contribution in [0, 0.1) is 6.92 Å². The molecule has 1 heterocycles. The minimum absolute atomic E-state index is 0.0726. The first kappa shape index (κ1) is 18.1. The van der Waals surface area contributed by atoms with Crippen LogP contribution in [0.3, 0.4) is 0 Å². The van der Waals surface area contributed by atoms with Crippen molar-refractivity contribution < 1.29 is 19.0 Å². The molecule has 0 atom stereocenters. The highest BCUT2D eigenvalue weighted by molar-refractivity contribution is 7.14. The number of hydrogen-bond acceptors (Lipinski definition) is 5. The minimum Gasteiger partial charge on any atom is -0.493 e. The molecule has 0 aliphatic rings. The number of carbonyl (C=O) groups is 1. The number of amides is 1. The Labute approximate surface area is 146 Å². The maximum atomic E-state index is 12.3. The lowest BCUT2D eigenvalue weighted by molar-refractivity contribution is 0.0955. The van der Waals surface area contributed by atoms with E-state index in [2.05, 4.69) is 12.2 Å². The third kappa shape index (κ3) is 3.82. The molecule has 5 nitrogen and oxygen atoms in total. The van der Waals surface area contributed by atoms with Crippen molar-refractivity contribution in [1.82, 2.24) is 5.32 Å². The van der Waals surface area contributed by atoms with Crippen molar-refractivity contribution in [2.24, 2.45) is 0 Å². The average Bonchev–Trinajstić information content (AvgIpc) is 2.99. The summed E-state index contributed by atoms with van der Waals surface area (Å²) in [5.74, 6) is 1.61. The normalized spacial score (nSPS) is 10.4. The van der Waals surface area contributed by atoms with Crippen molar-refractivity contribution in [2.45, 2.75) is 26.8 Å². The molecule has 0 fully saturated rings. The Kier molecular flexibility index (Phi) is 6.09. The van der Waals surface area contributed by atoms with E-state index >= 15 is 0 Å². The standard InChI is InChI=1S/C18H23NO4S/c1-6-15-11(2)7-16(24-15)18(20)19-10-12-8-13(21-3)17(23-5)14(9-12)22-4/h7-9H,6,10H2,1-5H3,(H,19,20). The van der Waals surface area contributed by atoms with Gasteiger partial charge in [-0.1, -0.05) is 6.92 Å². The second-order valence-corrected chi connectivity index (χ2v) is 6.42. The number of rotatable bonds is 7. The highest BCUT2D eigenvalue weighted by Gasteiger charge is 2.15. The summed E-state index contributed by atoms with van der Waals surface area (Å²) >= 11 is 1.54. The van der Waals surface area contributed by atoms with Crippen molar-refractivity contribution in [3.05, 3.63) is 39.1 Å². The summed E-state index contributed by atoms with van der Waals surface area (Å²) in [5, 5.41) is 2.94. The molecule has 2 aromatic rings. The molecular weight excluding hydrogens is 326 g/mol. The molecule has 2 rings (SSSR count). The van der Waals surface area contributed by atoms with E-state index in [1.165, 1.54) is 10.4 Å². The monoisotopic (exact) mass is 349 g/mol. The predicted octanol–water partition coefficient (Wildman–Crippen LogP) is 3.57. The van der Waals surface area contributed by atoms with Gasteiger partial charge in [-0.05, 0) is 42.7 Å². The van der Waals surface area contributed by atoms with Crippen LogP contribution in [0.5, 0.6) is 17.2 Å². The fourth-order valence-electron chi connectivity index (χ4n) is 2.49. The number of ether oxygens (including phenoxy) is 3. The van der Waals surface area contributed by atoms with Gasteiger partial charge in [0.25, 0.3) is 5.91 Å². The van der Waals surface area contributed by atoms with Gasteiger partial charge in [-0.15, -0.1) is 11.3 Å². The molecule has 0 unspecified atom stereocenters. The van der Waals surface area contributed by atoms with Crippen molar-refractivity contribution in [1.29, 1.82) is 0 Å². The van der Waals surface area contributed by atoms with Crippen LogP contribution in [0.15, 0.2) is 18.2 Å². The van der Waals surface area contributed by atoms with E-state index in [4.69, 9.17) is 14.2 Å². The smallest absolute Gasteiger partial charge is 0.261 e. The van der Waals surface area contributed by atoms with E-state index in [0.717, 1.165) is 16.9 Å². The summed E-state index contributed by atoms with van der Waals surface area (Å²) in [4.78, 5) is 14.3. The number of aryl methyl sites for hydroxylation is 2. The lowest BCUT2D eigenvalue weighted by atomic mass is 10.1. The number of nitrogens with one attached hydrogen (secondary N) is 1. The zero-order valence-electron chi connectivity index (χ0n) is 14.7. The first-order chi connectivity index (χ1) is 11.5. The Balaban J connectivity index is 2.14. The number of hydrogen-bond donors (Lipinski definition) is 1. The number of carbonyl (C=O) groups excluding carboxylic acids is 1. The van der Waals surface area contributed by atoms with E-state index < -0.39 is 0 Å². The van der Waals surface area contributed by atoms with E-state index in [9.17, 15) is 4.79 Å². The van der Waals surface area contributed by atoms with Crippen LogP contribution in [0.1, 0.15) is 32.6 Å². The molecule has 0 bridgehead atoms. The predicted molar refractivity (Wildman–Crippen MR) is 95.7 cm³/mol. The largest absolute Gasteiger partial charge is 0.493 e. The summed E-state index contributed by atoms with van der Waals surface area (Å²) in [7, 11) is 4.70. The van der Waals surface area contributed by atoms with Gasteiger partial charge in [0, 0.05) is 11.4 Å². The van der Waals surface area contributed by atoms with Gasteiger partial charge in [0.15, 0.2) is 11.5 Å². The second kappa shape index (κ2) is 8.06. The number of benzene rings is 1. The lowest BCUT2D eigenvalue weighted by Gasteiger charge is -2.14. The van der Waals surface area contributed by atoms with Gasteiger partial charge in [0.05, 0.1) is 26.2 Å². The Morgan fingerprint density at radius 3 is 2.17 bits per heavy atom. The van der Waals surface area contributed by atoms with Crippen LogP contribution in [0.25, 0.3) is 0 Å². The summed E-state index contributed by atoms with van der Waals surface area (Å²) in [6.45, 7) is 4.51. The van der Waals surface area contributed by atoms with Crippen molar-refractivity contribution in [3.8, 4) is 17.2 Å². The van der Waals surface area contributed by atoms with Crippen LogP contribution in [-0.4, -0.2) is 27.2 Å². The molecule has 0 saturated carbocycles. The van der Waals surface area contributed by atoms with Gasteiger partial charge in [-0.2, -0.15) is 0 Å².